The molecule has 0 unspecified atom stereocenters. The second-order valence-electron chi connectivity index (χ2n) is 4.02. The molecule has 1 rings (SSSR count). The molecule has 6 nitrogen and oxygen atoms in total. The van der Waals surface area contributed by atoms with E-state index in [1.165, 1.54) is 12.8 Å². The van der Waals surface area contributed by atoms with Crippen LogP contribution in [-0.4, -0.2) is 47.3 Å². The monoisotopic (exact) mass is 230 g/mol. The van der Waals surface area contributed by atoms with E-state index in [1.807, 2.05) is 0 Å². The molecule has 0 heterocycles. The Bertz CT molecular complexity index is 251. The van der Waals surface area contributed by atoms with E-state index in [4.69, 9.17) is 10.2 Å². The molecule has 6 heteroatoms. The van der Waals surface area contributed by atoms with Crippen LogP contribution in [-0.2, 0) is 9.59 Å². The summed E-state index contributed by atoms with van der Waals surface area (Å²) in [5.41, 5.74) is 0. The molecule has 0 spiro atoms. The van der Waals surface area contributed by atoms with Crippen molar-refractivity contribution in [2.45, 2.75) is 37.8 Å². The lowest BCUT2D eigenvalue weighted by molar-refractivity contribution is -0.146. The normalized spacial score (nSPS) is 18.3. The number of carboxylic acids is 1. The SMILES string of the molecule is O=C(CNC1CCCC1)NC[C@H](O)C(=O)O. The van der Waals surface area contributed by atoms with Crippen LogP contribution in [0.15, 0.2) is 0 Å². The Morgan fingerprint density at radius 2 is 1.94 bits per heavy atom. The zero-order valence-electron chi connectivity index (χ0n) is 9.11. The van der Waals surface area contributed by atoms with Crippen LogP contribution < -0.4 is 10.6 Å². The third-order valence-electron chi connectivity index (χ3n) is 2.68. The van der Waals surface area contributed by atoms with Crippen LogP contribution in [0.1, 0.15) is 25.7 Å². The lowest BCUT2D eigenvalue weighted by atomic mass is 10.2. The maximum atomic E-state index is 11.2. The molecule has 1 fully saturated rings. The van der Waals surface area contributed by atoms with Crippen molar-refractivity contribution in [2.75, 3.05) is 13.1 Å². The Morgan fingerprint density at radius 3 is 2.50 bits per heavy atom. The van der Waals surface area contributed by atoms with Crippen molar-refractivity contribution in [3.8, 4) is 0 Å². The summed E-state index contributed by atoms with van der Waals surface area (Å²) in [7, 11) is 0. The molecule has 0 aliphatic heterocycles. The number of rotatable bonds is 6. The van der Waals surface area contributed by atoms with Crippen LogP contribution in [0.5, 0.6) is 0 Å². The van der Waals surface area contributed by atoms with Gasteiger partial charge in [0.25, 0.3) is 0 Å². The summed E-state index contributed by atoms with van der Waals surface area (Å²) in [6, 6.07) is 0.398. The maximum absolute atomic E-state index is 11.2. The first kappa shape index (κ1) is 12.9. The first-order valence-electron chi connectivity index (χ1n) is 5.50. The van der Waals surface area contributed by atoms with Crippen LogP contribution in [0.3, 0.4) is 0 Å². The molecule has 0 saturated heterocycles. The predicted octanol–water partition coefficient (Wildman–Crippen LogP) is -0.920. The van der Waals surface area contributed by atoms with Gasteiger partial charge in [-0.05, 0) is 12.8 Å². The van der Waals surface area contributed by atoms with Crippen molar-refractivity contribution < 1.29 is 19.8 Å². The second kappa shape index (κ2) is 6.44. The largest absolute Gasteiger partial charge is 0.479 e. The van der Waals surface area contributed by atoms with Gasteiger partial charge >= 0.3 is 5.97 Å². The standard InChI is InChI=1S/C10H18N2O4/c13-8(10(15)16)5-12-9(14)6-11-7-3-1-2-4-7/h7-8,11,13H,1-6H2,(H,12,14)(H,15,16)/t8-/m0/s1. The van der Waals surface area contributed by atoms with E-state index in [0.717, 1.165) is 12.8 Å². The fraction of sp³-hybridized carbons (Fsp3) is 0.800. The van der Waals surface area contributed by atoms with Gasteiger partial charge in [0.05, 0.1) is 13.1 Å². The maximum Gasteiger partial charge on any atom is 0.334 e. The number of aliphatic hydroxyl groups excluding tert-OH is 1. The van der Waals surface area contributed by atoms with Gasteiger partial charge in [-0.1, -0.05) is 12.8 Å². The van der Waals surface area contributed by atoms with Gasteiger partial charge in [0.2, 0.25) is 5.91 Å². The molecule has 92 valence electrons. The molecular formula is C10H18N2O4. The minimum Gasteiger partial charge on any atom is -0.479 e. The molecule has 0 aromatic rings. The van der Waals surface area contributed by atoms with Crippen LogP contribution in [0.25, 0.3) is 0 Å². The zero-order chi connectivity index (χ0) is 12.0. The smallest absolute Gasteiger partial charge is 0.334 e. The lowest BCUT2D eigenvalue weighted by Crippen LogP contribution is -2.42. The first-order chi connectivity index (χ1) is 7.59. The molecule has 1 amide bonds. The molecule has 1 atom stereocenters. The number of carbonyl (C=O) groups is 2. The van der Waals surface area contributed by atoms with E-state index in [1.54, 1.807) is 0 Å². The Labute approximate surface area is 94.0 Å². The highest BCUT2D eigenvalue weighted by atomic mass is 16.4. The van der Waals surface area contributed by atoms with Gasteiger partial charge in [0.1, 0.15) is 0 Å². The van der Waals surface area contributed by atoms with E-state index in [0.29, 0.717) is 6.04 Å². The van der Waals surface area contributed by atoms with Gasteiger partial charge in [-0.25, -0.2) is 4.79 Å². The van der Waals surface area contributed by atoms with Crippen molar-refractivity contribution in [1.82, 2.24) is 10.6 Å². The van der Waals surface area contributed by atoms with Crippen molar-refractivity contribution in [3.63, 3.8) is 0 Å². The van der Waals surface area contributed by atoms with Crippen LogP contribution >= 0.6 is 0 Å². The number of amides is 1. The summed E-state index contributed by atoms with van der Waals surface area (Å²) in [6.07, 6.45) is 3.03. The molecule has 1 aliphatic rings. The summed E-state index contributed by atoms with van der Waals surface area (Å²) < 4.78 is 0. The summed E-state index contributed by atoms with van der Waals surface area (Å²) >= 11 is 0. The number of aliphatic hydroxyl groups is 1. The highest BCUT2D eigenvalue weighted by Crippen LogP contribution is 2.17. The number of hydrogen-bond donors (Lipinski definition) is 4. The Hall–Kier alpha value is -1.14. The minimum atomic E-state index is -1.53. The van der Waals surface area contributed by atoms with Gasteiger partial charge in [-0.15, -0.1) is 0 Å². The molecule has 4 N–H and O–H groups in total. The first-order valence-corrected chi connectivity index (χ1v) is 5.50. The van der Waals surface area contributed by atoms with Gasteiger partial charge in [-0.2, -0.15) is 0 Å². The molecule has 1 aliphatic carbocycles. The molecule has 16 heavy (non-hydrogen) atoms. The summed E-state index contributed by atoms with van der Waals surface area (Å²) in [6.45, 7) is -0.0719. The number of aliphatic carboxylic acids is 1. The molecule has 0 aromatic heterocycles. The van der Waals surface area contributed by atoms with Gasteiger partial charge < -0.3 is 20.8 Å². The second-order valence-corrected chi connectivity index (χ2v) is 4.02. The van der Waals surface area contributed by atoms with E-state index in [-0.39, 0.29) is 19.0 Å². The fourth-order valence-electron chi connectivity index (χ4n) is 1.73. The Morgan fingerprint density at radius 1 is 1.31 bits per heavy atom. The van der Waals surface area contributed by atoms with Gasteiger partial charge in [-0.3, -0.25) is 4.79 Å². The molecule has 1 saturated carbocycles. The summed E-state index contributed by atoms with van der Waals surface area (Å²) in [5.74, 6) is -1.61. The molecule has 0 bridgehead atoms. The van der Waals surface area contributed by atoms with Gasteiger partial charge in [0, 0.05) is 6.04 Å². The highest BCUT2D eigenvalue weighted by Gasteiger charge is 2.17. The lowest BCUT2D eigenvalue weighted by Gasteiger charge is -2.12. The number of carboxylic acid groups (broad SMARTS) is 1. The number of hydrogen-bond acceptors (Lipinski definition) is 4. The summed E-state index contributed by atoms with van der Waals surface area (Å²) in [4.78, 5) is 21.5. The van der Waals surface area contributed by atoms with E-state index in [2.05, 4.69) is 10.6 Å². The third-order valence-corrected chi connectivity index (χ3v) is 2.68. The van der Waals surface area contributed by atoms with E-state index in [9.17, 15) is 9.59 Å². The zero-order valence-corrected chi connectivity index (χ0v) is 9.11. The topological polar surface area (TPSA) is 98.7 Å². The van der Waals surface area contributed by atoms with Gasteiger partial charge in [0.15, 0.2) is 6.10 Å². The average molecular weight is 230 g/mol. The van der Waals surface area contributed by atoms with Crippen LogP contribution in [0.4, 0.5) is 0 Å². The van der Waals surface area contributed by atoms with Crippen molar-refractivity contribution in [1.29, 1.82) is 0 Å². The quantitative estimate of drug-likeness (QED) is 0.473. The number of carbonyl (C=O) groups excluding carboxylic acids is 1. The van der Waals surface area contributed by atoms with Crippen molar-refractivity contribution >= 4 is 11.9 Å². The number of nitrogens with one attached hydrogen (secondary N) is 2. The Balaban J connectivity index is 2.08. The molecule has 0 radical (unpaired) electrons. The third kappa shape index (κ3) is 4.59. The predicted molar refractivity (Wildman–Crippen MR) is 56.9 cm³/mol. The molecular weight excluding hydrogens is 212 g/mol. The van der Waals surface area contributed by atoms with Crippen molar-refractivity contribution in [2.24, 2.45) is 0 Å². The van der Waals surface area contributed by atoms with Crippen molar-refractivity contribution in [3.05, 3.63) is 0 Å². The minimum absolute atomic E-state index is 0.178. The Kier molecular flexibility index (Phi) is 5.21. The average Bonchev–Trinajstić information content (AvgIpc) is 2.75. The molecule has 0 aromatic carbocycles. The summed E-state index contributed by atoms with van der Waals surface area (Å²) in [5, 5.41) is 22.7. The van der Waals surface area contributed by atoms with Crippen LogP contribution in [0, 0.1) is 0 Å². The highest BCUT2D eigenvalue weighted by molar-refractivity contribution is 5.79. The fourth-order valence-corrected chi connectivity index (χ4v) is 1.73. The van der Waals surface area contributed by atoms with E-state index < -0.39 is 12.1 Å². The van der Waals surface area contributed by atoms with Crippen LogP contribution in [0.2, 0.25) is 0 Å². The van der Waals surface area contributed by atoms with E-state index >= 15 is 0 Å².